The summed E-state index contributed by atoms with van der Waals surface area (Å²) in [5.41, 5.74) is 2.23. The first-order valence-corrected chi connectivity index (χ1v) is 7.84. The van der Waals surface area contributed by atoms with E-state index in [4.69, 9.17) is 4.84 Å². The molecule has 0 unspecified atom stereocenters. The van der Waals surface area contributed by atoms with Gasteiger partial charge in [0.2, 0.25) is 0 Å². The second kappa shape index (κ2) is 3.42. The van der Waals surface area contributed by atoms with Crippen molar-refractivity contribution in [1.29, 1.82) is 0 Å². The summed E-state index contributed by atoms with van der Waals surface area (Å²) in [6.45, 7) is 0.974. The molecule has 1 aliphatic heterocycles. The number of hydrogen-bond acceptors (Lipinski definition) is 2. The molecule has 0 radical (unpaired) electrons. The molecule has 3 atom stereocenters. The molecule has 3 saturated carbocycles. The van der Waals surface area contributed by atoms with Crippen LogP contribution in [0.25, 0.3) is 0 Å². The van der Waals surface area contributed by atoms with Gasteiger partial charge in [-0.1, -0.05) is 36.8 Å². The van der Waals surface area contributed by atoms with E-state index in [1.165, 1.54) is 44.1 Å². The van der Waals surface area contributed by atoms with Crippen molar-refractivity contribution in [3.63, 3.8) is 0 Å². The van der Waals surface area contributed by atoms with Crippen LogP contribution in [0.1, 0.15) is 44.1 Å². The Balaban J connectivity index is 1.46. The number of nitrogens with zero attached hydrogens (tertiary/aromatic N) is 1. The zero-order chi connectivity index (χ0) is 12.5. The van der Waals surface area contributed by atoms with Crippen LogP contribution in [0, 0.1) is 11.3 Å². The standard InChI is InChI=1S/C17H21NO/c1-2-5-13(6-3-1)12-18-15-8-4-7-14-11-17(14,15)16(19-18)9-10-16/h1-3,5-6,14-15H,4,7-12H2/t14-,15+,17-/m1/s1. The highest BCUT2D eigenvalue weighted by molar-refractivity contribution is 5.29. The molecule has 2 spiro atoms. The maximum absolute atomic E-state index is 6.49. The molecular weight excluding hydrogens is 234 g/mol. The monoisotopic (exact) mass is 255 g/mol. The quantitative estimate of drug-likeness (QED) is 0.801. The van der Waals surface area contributed by atoms with Crippen LogP contribution in [-0.4, -0.2) is 16.7 Å². The average Bonchev–Trinajstić information content (AvgIpc) is 3.31. The molecule has 0 aromatic heterocycles. The highest BCUT2D eigenvalue weighted by Crippen LogP contribution is 2.78. The van der Waals surface area contributed by atoms with Crippen molar-refractivity contribution in [2.45, 2.75) is 56.7 Å². The van der Waals surface area contributed by atoms with Crippen molar-refractivity contribution < 1.29 is 4.84 Å². The zero-order valence-corrected chi connectivity index (χ0v) is 11.3. The summed E-state index contributed by atoms with van der Waals surface area (Å²) in [6, 6.07) is 11.5. The summed E-state index contributed by atoms with van der Waals surface area (Å²) in [7, 11) is 0. The molecule has 0 bridgehead atoms. The van der Waals surface area contributed by atoms with Gasteiger partial charge in [-0.05, 0) is 43.6 Å². The maximum Gasteiger partial charge on any atom is 0.0976 e. The number of hydrogen-bond donors (Lipinski definition) is 0. The van der Waals surface area contributed by atoms with E-state index >= 15 is 0 Å². The van der Waals surface area contributed by atoms with Gasteiger partial charge in [-0.25, -0.2) is 0 Å². The van der Waals surface area contributed by atoms with Gasteiger partial charge in [-0.15, -0.1) is 0 Å². The highest BCUT2D eigenvalue weighted by Gasteiger charge is 2.80. The molecule has 3 aliphatic carbocycles. The summed E-state index contributed by atoms with van der Waals surface area (Å²) < 4.78 is 0. The van der Waals surface area contributed by atoms with Gasteiger partial charge in [0, 0.05) is 18.0 Å². The lowest BCUT2D eigenvalue weighted by Gasteiger charge is -2.30. The van der Waals surface area contributed by atoms with E-state index in [-0.39, 0.29) is 5.60 Å². The third kappa shape index (κ3) is 1.29. The Hall–Kier alpha value is -0.860. The van der Waals surface area contributed by atoms with Gasteiger partial charge in [0.1, 0.15) is 0 Å². The van der Waals surface area contributed by atoms with Gasteiger partial charge in [-0.3, -0.25) is 4.84 Å². The molecule has 1 aromatic carbocycles. The molecule has 1 heterocycles. The molecule has 100 valence electrons. The summed E-state index contributed by atoms with van der Waals surface area (Å²) in [4.78, 5) is 6.49. The van der Waals surface area contributed by atoms with Crippen molar-refractivity contribution in [3.05, 3.63) is 35.9 Å². The minimum atomic E-state index is 0.275. The fraction of sp³-hybridized carbons (Fsp3) is 0.647. The predicted octanol–water partition coefficient (Wildman–Crippen LogP) is 3.53. The number of benzene rings is 1. The summed E-state index contributed by atoms with van der Waals surface area (Å²) >= 11 is 0. The van der Waals surface area contributed by atoms with Crippen molar-refractivity contribution in [2.75, 3.05) is 0 Å². The third-order valence-corrected chi connectivity index (χ3v) is 6.15. The molecule has 19 heavy (non-hydrogen) atoms. The van der Waals surface area contributed by atoms with Crippen LogP contribution in [0.3, 0.4) is 0 Å². The summed E-state index contributed by atoms with van der Waals surface area (Å²) in [6.07, 6.45) is 8.28. The lowest BCUT2D eigenvalue weighted by molar-refractivity contribution is -0.180. The van der Waals surface area contributed by atoms with E-state index in [1.54, 1.807) is 0 Å². The van der Waals surface area contributed by atoms with Gasteiger partial charge in [-0.2, -0.15) is 5.06 Å². The minimum absolute atomic E-state index is 0.275. The fourth-order valence-corrected chi connectivity index (χ4v) is 5.14. The Kier molecular flexibility index (Phi) is 1.96. The molecule has 0 N–H and O–H groups in total. The molecule has 2 heteroatoms. The molecule has 2 nitrogen and oxygen atoms in total. The van der Waals surface area contributed by atoms with Crippen LogP contribution in [0.15, 0.2) is 30.3 Å². The Bertz CT molecular complexity index is 509. The largest absolute Gasteiger partial charge is 0.291 e. The molecule has 4 aliphatic rings. The molecule has 4 fully saturated rings. The topological polar surface area (TPSA) is 12.5 Å². The maximum atomic E-state index is 6.49. The smallest absolute Gasteiger partial charge is 0.0976 e. The van der Waals surface area contributed by atoms with Crippen molar-refractivity contribution in [1.82, 2.24) is 5.06 Å². The van der Waals surface area contributed by atoms with Gasteiger partial charge in [0.25, 0.3) is 0 Å². The summed E-state index contributed by atoms with van der Waals surface area (Å²) in [5.74, 6) is 0.981. The van der Waals surface area contributed by atoms with E-state index in [1.807, 2.05) is 0 Å². The average molecular weight is 255 g/mol. The van der Waals surface area contributed by atoms with E-state index in [0.29, 0.717) is 11.5 Å². The van der Waals surface area contributed by atoms with Gasteiger partial charge < -0.3 is 0 Å². The lowest BCUT2D eigenvalue weighted by atomic mass is 9.79. The van der Waals surface area contributed by atoms with Crippen molar-refractivity contribution >= 4 is 0 Å². The van der Waals surface area contributed by atoms with Crippen LogP contribution in [0.4, 0.5) is 0 Å². The van der Waals surface area contributed by atoms with Crippen LogP contribution < -0.4 is 0 Å². The fourth-order valence-electron chi connectivity index (χ4n) is 5.14. The SMILES string of the molecule is c1ccc(CN2OC3(CC3)[C@]34C[C@H]3CCC[C@H]24)cc1. The first kappa shape index (κ1) is 10.9. The molecule has 1 aromatic rings. The predicted molar refractivity (Wildman–Crippen MR) is 73.2 cm³/mol. The van der Waals surface area contributed by atoms with E-state index in [2.05, 4.69) is 35.4 Å². The molecule has 1 saturated heterocycles. The number of hydroxylamine groups is 2. The Morgan fingerprint density at radius 2 is 2.00 bits per heavy atom. The first-order chi connectivity index (χ1) is 9.34. The molecule has 5 rings (SSSR count). The van der Waals surface area contributed by atoms with Crippen molar-refractivity contribution in [3.8, 4) is 0 Å². The highest BCUT2D eigenvalue weighted by atomic mass is 16.7. The van der Waals surface area contributed by atoms with Crippen LogP contribution in [0.2, 0.25) is 0 Å². The second-order valence-corrected chi connectivity index (χ2v) is 7.03. The van der Waals surface area contributed by atoms with E-state index < -0.39 is 0 Å². The van der Waals surface area contributed by atoms with E-state index in [9.17, 15) is 0 Å². The Labute approximate surface area is 114 Å². The van der Waals surface area contributed by atoms with E-state index in [0.717, 1.165) is 12.5 Å². The Morgan fingerprint density at radius 3 is 2.79 bits per heavy atom. The first-order valence-electron chi connectivity index (χ1n) is 7.84. The minimum Gasteiger partial charge on any atom is -0.291 e. The number of rotatable bonds is 2. The van der Waals surface area contributed by atoms with Gasteiger partial charge >= 0.3 is 0 Å². The second-order valence-electron chi connectivity index (χ2n) is 7.03. The normalized spacial score (nSPS) is 41.9. The van der Waals surface area contributed by atoms with Crippen LogP contribution in [-0.2, 0) is 11.4 Å². The molecule has 0 amide bonds. The Morgan fingerprint density at radius 1 is 1.16 bits per heavy atom. The van der Waals surface area contributed by atoms with Crippen LogP contribution >= 0.6 is 0 Å². The zero-order valence-electron chi connectivity index (χ0n) is 11.3. The molecular formula is C17H21NO. The lowest BCUT2D eigenvalue weighted by Crippen LogP contribution is -2.37. The third-order valence-electron chi connectivity index (χ3n) is 6.15. The van der Waals surface area contributed by atoms with Gasteiger partial charge in [0.15, 0.2) is 0 Å². The van der Waals surface area contributed by atoms with Crippen molar-refractivity contribution in [2.24, 2.45) is 11.3 Å². The summed E-state index contributed by atoms with van der Waals surface area (Å²) in [5, 5.41) is 2.36. The van der Waals surface area contributed by atoms with Crippen LogP contribution in [0.5, 0.6) is 0 Å². The van der Waals surface area contributed by atoms with Gasteiger partial charge in [0.05, 0.1) is 5.60 Å².